The van der Waals surface area contributed by atoms with Crippen molar-refractivity contribution in [2.24, 2.45) is 0 Å². The van der Waals surface area contributed by atoms with Crippen molar-refractivity contribution in [3.63, 3.8) is 0 Å². The number of pyridine rings is 1. The lowest BCUT2D eigenvalue weighted by Gasteiger charge is -2.46. The molecule has 156 valence electrons. The molecule has 2 aliphatic rings. The molecule has 1 amide bonds. The summed E-state index contributed by atoms with van der Waals surface area (Å²) in [6.45, 7) is 6.80. The van der Waals surface area contributed by atoms with Crippen LogP contribution in [0.5, 0.6) is 0 Å². The van der Waals surface area contributed by atoms with Crippen LogP contribution in [0, 0.1) is 0 Å². The summed E-state index contributed by atoms with van der Waals surface area (Å²) in [6, 6.07) is 12.9. The molecule has 2 saturated heterocycles. The topological polar surface area (TPSA) is 63.5 Å². The van der Waals surface area contributed by atoms with Crippen LogP contribution < -0.4 is 0 Å². The van der Waals surface area contributed by atoms with Crippen molar-refractivity contribution in [2.75, 3.05) is 32.8 Å². The Bertz CT molecular complexity index is 1030. The molecular formula is C23H27N5O2. The van der Waals surface area contributed by atoms with Crippen LogP contribution in [0.3, 0.4) is 0 Å². The van der Waals surface area contributed by atoms with Gasteiger partial charge in [-0.1, -0.05) is 30.3 Å². The van der Waals surface area contributed by atoms with Crippen LogP contribution in [-0.4, -0.2) is 75.2 Å². The van der Waals surface area contributed by atoms with Crippen LogP contribution in [0.25, 0.3) is 11.2 Å². The first-order valence-corrected chi connectivity index (χ1v) is 10.7. The molecule has 7 heteroatoms. The number of aromatic nitrogens is 3. The second kappa shape index (κ2) is 8.16. The maximum Gasteiger partial charge on any atom is 0.255 e. The lowest BCUT2D eigenvalue weighted by Crippen LogP contribution is -2.62. The molecule has 5 rings (SSSR count). The molecule has 1 aromatic carbocycles. The Labute approximate surface area is 176 Å². The third-order valence-electron chi connectivity index (χ3n) is 6.24. The lowest BCUT2D eigenvalue weighted by atomic mass is 10.1. The lowest BCUT2D eigenvalue weighted by molar-refractivity contribution is -0.0700. The van der Waals surface area contributed by atoms with Gasteiger partial charge in [0.15, 0.2) is 5.65 Å². The molecule has 2 atom stereocenters. The van der Waals surface area contributed by atoms with E-state index in [0.717, 1.165) is 43.8 Å². The number of imidazole rings is 1. The van der Waals surface area contributed by atoms with E-state index in [1.807, 2.05) is 23.4 Å². The number of hydrogen-bond acceptors (Lipinski definition) is 5. The number of fused-ring (bicyclic) bond motifs is 2. The van der Waals surface area contributed by atoms with Gasteiger partial charge in [-0.15, -0.1) is 0 Å². The first-order valence-electron chi connectivity index (χ1n) is 10.7. The second-order valence-electron chi connectivity index (χ2n) is 8.27. The van der Waals surface area contributed by atoms with E-state index in [1.54, 1.807) is 6.20 Å². The van der Waals surface area contributed by atoms with E-state index in [0.29, 0.717) is 24.8 Å². The number of nitrogens with zero attached hydrogens (tertiary/aromatic N) is 5. The van der Waals surface area contributed by atoms with Crippen LogP contribution >= 0.6 is 0 Å². The molecule has 0 saturated carbocycles. The summed E-state index contributed by atoms with van der Waals surface area (Å²) in [7, 11) is 0. The summed E-state index contributed by atoms with van der Waals surface area (Å²) in [6.07, 6.45) is 4.42. The fourth-order valence-corrected chi connectivity index (χ4v) is 4.56. The van der Waals surface area contributed by atoms with Gasteiger partial charge in [0.1, 0.15) is 5.52 Å². The molecule has 0 spiro atoms. The fraction of sp³-hybridized carbons (Fsp3) is 0.435. The highest BCUT2D eigenvalue weighted by Gasteiger charge is 2.35. The Hall–Kier alpha value is -2.77. The van der Waals surface area contributed by atoms with Gasteiger partial charge in [0, 0.05) is 38.4 Å². The number of aryl methyl sites for hydroxylation is 2. The van der Waals surface area contributed by atoms with Crippen molar-refractivity contribution in [3.05, 3.63) is 60.0 Å². The highest BCUT2D eigenvalue weighted by molar-refractivity contribution is 5.96. The molecule has 2 aromatic heterocycles. The average molecular weight is 406 g/mol. The number of benzene rings is 1. The van der Waals surface area contributed by atoms with Crippen molar-refractivity contribution >= 4 is 17.1 Å². The van der Waals surface area contributed by atoms with Gasteiger partial charge in [0.25, 0.3) is 5.91 Å². The molecule has 0 aliphatic carbocycles. The van der Waals surface area contributed by atoms with E-state index in [1.165, 1.54) is 5.56 Å². The van der Waals surface area contributed by atoms with E-state index in [-0.39, 0.29) is 11.9 Å². The summed E-state index contributed by atoms with van der Waals surface area (Å²) in [4.78, 5) is 26.6. The van der Waals surface area contributed by atoms with E-state index in [4.69, 9.17) is 4.74 Å². The zero-order chi connectivity index (χ0) is 20.5. The minimum atomic E-state index is 0.0288. The summed E-state index contributed by atoms with van der Waals surface area (Å²) in [5.74, 6) is 0.0288. The number of ether oxygens (including phenoxy) is 1. The SMILES string of the molecule is C[C@H]1COC[C@H]2CN(C(=O)c3cnc4c(c3)ncn4CCc3ccccc3)CCN21. The molecule has 0 bridgehead atoms. The van der Waals surface area contributed by atoms with Gasteiger partial charge in [-0.2, -0.15) is 0 Å². The van der Waals surface area contributed by atoms with Gasteiger partial charge in [0.05, 0.1) is 31.1 Å². The van der Waals surface area contributed by atoms with E-state index < -0.39 is 0 Å². The second-order valence-corrected chi connectivity index (χ2v) is 8.27. The number of rotatable bonds is 4. The number of morpholine rings is 1. The summed E-state index contributed by atoms with van der Waals surface area (Å²) < 4.78 is 7.75. The van der Waals surface area contributed by atoms with Crippen molar-refractivity contribution in [1.82, 2.24) is 24.3 Å². The Morgan fingerprint density at radius 2 is 2.03 bits per heavy atom. The Morgan fingerprint density at radius 1 is 1.17 bits per heavy atom. The zero-order valence-electron chi connectivity index (χ0n) is 17.3. The Kier molecular flexibility index (Phi) is 5.23. The number of amides is 1. The molecule has 2 fully saturated rings. The minimum absolute atomic E-state index is 0.0288. The standard InChI is InChI=1S/C23H27N5O2/c1-17-14-30-15-20-13-26(9-10-28(17)20)23(29)19-11-21-22(24-12-19)27(16-25-21)8-7-18-5-3-2-4-6-18/h2-6,11-12,16-17,20H,7-10,13-15H2,1H3/t17-,20+/m0/s1. The summed E-state index contributed by atoms with van der Waals surface area (Å²) in [5, 5.41) is 0. The molecule has 0 N–H and O–H groups in total. The van der Waals surface area contributed by atoms with Gasteiger partial charge < -0.3 is 14.2 Å². The molecule has 3 aromatic rings. The summed E-state index contributed by atoms with van der Waals surface area (Å²) >= 11 is 0. The van der Waals surface area contributed by atoms with Gasteiger partial charge >= 0.3 is 0 Å². The van der Waals surface area contributed by atoms with Gasteiger partial charge in [0.2, 0.25) is 0 Å². The molecule has 0 unspecified atom stereocenters. The molecule has 7 nitrogen and oxygen atoms in total. The van der Waals surface area contributed by atoms with Crippen molar-refractivity contribution in [2.45, 2.75) is 32.0 Å². The third-order valence-corrected chi connectivity index (χ3v) is 6.24. The molecule has 0 radical (unpaired) electrons. The highest BCUT2D eigenvalue weighted by atomic mass is 16.5. The number of hydrogen-bond donors (Lipinski definition) is 0. The molecule has 2 aliphatic heterocycles. The van der Waals surface area contributed by atoms with E-state index in [9.17, 15) is 4.79 Å². The Balaban J connectivity index is 1.29. The van der Waals surface area contributed by atoms with Crippen molar-refractivity contribution < 1.29 is 9.53 Å². The Morgan fingerprint density at radius 3 is 2.90 bits per heavy atom. The maximum absolute atomic E-state index is 13.1. The normalized spacial score (nSPS) is 22.2. The minimum Gasteiger partial charge on any atom is -0.378 e. The largest absolute Gasteiger partial charge is 0.378 e. The maximum atomic E-state index is 13.1. The van der Waals surface area contributed by atoms with Gasteiger partial charge in [-0.3, -0.25) is 9.69 Å². The van der Waals surface area contributed by atoms with Crippen molar-refractivity contribution in [1.29, 1.82) is 0 Å². The number of carbonyl (C=O) groups excluding carboxylic acids is 1. The summed E-state index contributed by atoms with van der Waals surface area (Å²) in [5.41, 5.74) is 3.48. The molecular weight excluding hydrogens is 378 g/mol. The van der Waals surface area contributed by atoms with Crippen LogP contribution in [0.15, 0.2) is 48.9 Å². The smallest absolute Gasteiger partial charge is 0.255 e. The fourth-order valence-electron chi connectivity index (χ4n) is 4.56. The predicted molar refractivity (Wildman–Crippen MR) is 114 cm³/mol. The van der Waals surface area contributed by atoms with E-state index in [2.05, 4.69) is 50.6 Å². The van der Waals surface area contributed by atoms with Crippen molar-refractivity contribution in [3.8, 4) is 0 Å². The van der Waals surface area contributed by atoms with E-state index >= 15 is 0 Å². The highest BCUT2D eigenvalue weighted by Crippen LogP contribution is 2.21. The quantitative estimate of drug-likeness (QED) is 0.666. The third kappa shape index (κ3) is 3.70. The number of piperazine rings is 1. The van der Waals surface area contributed by atoms with Gasteiger partial charge in [-0.25, -0.2) is 9.97 Å². The van der Waals surface area contributed by atoms with Crippen LogP contribution in [0.2, 0.25) is 0 Å². The van der Waals surface area contributed by atoms with Gasteiger partial charge in [-0.05, 0) is 25.0 Å². The first-order chi connectivity index (χ1) is 14.7. The molecule has 4 heterocycles. The average Bonchev–Trinajstić information content (AvgIpc) is 3.20. The predicted octanol–water partition coefficient (Wildman–Crippen LogP) is 2.22. The van der Waals surface area contributed by atoms with Crippen LogP contribution in [-0.2, 0) is 17.7 Å². The molecule has 30 heavy (non-hydrogen) atoms. The zero-order valence-corrected chi connectivity index (χ0v) is 17.3. The van der Waals surface area contributed by atoms with Crippen LogP contribution in [0.4, 0.5) is 0 Å². The van der Waals surface area contributed by atoms with Crippen LogP contribution in [0.1, 0.15) is 22.8 Å². The monoisotopic (exact) mass is 405 g/mol. The number of carbonyl (C=O) groups is 1. The first kappa shape index (κ1) is 19.2.